The van der Waals surface area contributed by atoms with Crippen LogP contribution in [0.2, 0.25) is 0 Å². The van der Waals surface area contributed by atoms with Crippen LogP contribution in [0.3, 0.4) is 0 Å². The summed E-state index contributed by atoms with van der Waals surface area (Å²) in [4.78, 5) is 15.9. The molecule has 2 heterocycles. The minimum atomic E-state index is -0.564. The Bertz CT molecular complexity index is 631. The van der Waals surface area contributed by atoms with Gasteiger partial charge in [0.15, 0.2) is 6.61 Å². The van der Waals surface area contributed by atoms with Crippen LogP contribution in [-0.4, -0.2) is 17.6 Å². The highest BCUT2D eigenvalue weighted by Crippen LogP contribution is 2.27. The topological polar surface area (TPSA) is 75.0 Å². The third-order valence-electron chi connectivity index (χ3n) is 2.39. The van der Waals surface area contributed by atoms with Gasteiger partial charge in [-0.25, -0.2) is 9.78 Å². The van der Waals surface area contributed by atoms with Gasteiger partial charge < -0.3 is 10.1 Å². The molecule has 0 aliphatic heterocycles. The molecule has 2 rings (SSSR count). The number of anilines is 2. The largest absolute Gasteiger partial charge is 0.447 e. The zero-order chi connectivity index (χ0) is 13.7. The summed E-state index contributed by atoms with van der Waals surface area (Å²) >= 11 is 1.53. The lowest BCUT2D eigenvalue weighted by atomic mass is 10.2. The predicted molar refractivity (Wildman–Crippen MR) is 72.5 cm³/mol. The summed E-state index contributed by atoms with van der Waals surface area (Å²) in [5.74, 6) is -0.137. The van der Waals surface area contributed by atoms with Gasteiger partial charge in [0.1, 0.15) is 17.5 Å². The lowest BCUT2D eigenvalue weighted by molar-refractivity contribution is 0.0556. The Morgan fingerprint density at radius 1 is 1.58 bits per heavy atom. The van der Waals surface area contributed by atoms with Gasteiger partial charge >= 0.3 is 5.97 Å². The molecule has 1 N–H and O–H groups in total. The molecule has 0 aliphatic rings. The van der Waals surface area contributed by atoms with Gasteiger partial charge in [0.25, 0.3) is 0 Å². The SMILES string of the molecule is Cc1ccsc1Nc1ncccc1C(=O)OCC#N. The molecule has 6 heteroatoms. The van der Waals surface area contributed by atoms with Crippen molar-refractivity contribution in [1.82, 2.24) is 4.98 Å². The molecule has 0 unspecified atom stereocenters. The van der Waals surface area contributed by atoms with Crippen LogP contribution in [0.15, 0.2) is 29.8 Å². The van der Waals surface area contributed by atoms with Gasteiger partial charge in [0.2, 0.25) is 0 Å². The minimum Gasteiger partial charge on any atom is -0.447 e. The van der Waals surface area contributed by atoms with Gasteiger partial charge in [0, 0.05) is 6.20 Å². The van der Waals surface area contributed by atoms with Crippen LogP contribution in [-0.2, 0) is 4.74 Å². The Hall–Kier alpha value is -2.39. The fourth-order valence-corrected chi connectivity index (χ4v) is 2.27. The third kappa shape index (κ3) is 3.09. The average Bonchev–Trinajstić information content (AvgIpc) is 2.82. The van der Waals surface area contributed by atoms with E-state index in [1.807, 2.05) is 18.4 Å². The van der Waals surface area contributed by atoms with Crippen molar-refractivity contribution < 1.29 is 9.53 Å². The molecule has 0 bridgehead atoms. The maximum atomic E-state index is 11.8. The molecule has 0 aromatic carbocycles. The first-order chi connectivity index (χ1) is 9.22. The van der Waals surface area contributed by atoms with E-state index in [9.17, 15) is 4.79 Å². The van der Waals surface area contributed by atoms with Crippen molar-refractivity contribution in [2.45, 2.75) is 6.92 Å². The van der Waals surface area contributed by atoms with Crippen molar-refractivity contribution in [3.8, 4) is 6.07 Å². The molecule has 0 radical (unpaired) electrons. The number of carbonyl (C=O) groups excluding carboxylic acids is 1. The second-order valence-corrected chi connectivity index (χ2v) is 4.61. The van der Waals surface area contributed by atoms with E-state index in [2.05, 4.69) is 10.3 Å². The molecule has 2 aromatic rings. The van der Waals surface area contributed by atoms with Gasteiger partial charge in [-0.2, -0.15) is 5.26 Å². The van der Waals surface area contributed by atoms with Crippen LogP contribution in [0, 0.1) is 18.3 Å². The summed E-state index contributed by atoms with van der Waals surface area (Å²) in [6, 6.07) is 6.99. The molecule has 19 heavy (non-hydrogen) atoms. The highest BCUT2D eigenvalue weighted by Gasteiger charge is 2.14. The zero-order valence-electron chi connectivity index (χ0n) is 10.2. The summed E-state index contributed by atoms with van der Waals surface area (Å²) in [5, 5.41) is 14.4. The summed E-state index contributed by atoms with van der Waals surface area (Å²) in [6.45, 7) is 1.70. The fraction of sp³-hybridized carbons (Fsp3) is 0.154. The quantitative estimate of drug-likeness (QED) is 0.867. The number of hydrogen-bond donors (Lipinski definition) is 1. The monoisotopic (exact) mass is 273 g/mol. The fourth-order valence-electron chi connectivity index (χ4n) is 1.45. The van der Waals surface area contributed by atoms with Crippen molar-refractivity contribution >= 4 is 28.1 Å². The average molecular weight is 273 g/mol. The number of aromatic nitrogens is 1. The van der Waals surface area contributed by atoms with E-state index in [1.54, 1.807) is 24.4 Å². The molecule has 5 nitrogen and oxygen atoms in total. The summed E-state index contributed by atoms with van der Waals surface area (Å²) < 4.78 is 4.79. The van der Waals surface area contributed by atoms with E-state index in [1.165, 1.54) is 11.3 Å². The number of nitrogens with one attached hydrogen (secondary N) is 1. The van der Waals surface area contributed by atoms with E-state index < -0.39 is 5.97 Å². The zero-order valence-corrected chi connectivity index (χ0v) is 11.0. The van der Waals surface area contributed by atoms with E-state index in [-0.39, 0.29) is 6.61 Å². The number of nitriles is 1. The molecule has 0 amide bonds. The van der Waals surface area contributed by atoms with E-state index in [0.29, 0.717) is 11.4 Å². The third-order valence-corrected chi connectivity index (χ3v) is 3.32. The highest BCUT2D eigenvalue weighted by atomic mass is 32.1. The van der Waals surface area contributed by atoms with Crippen LogP contribution in [0.4, 0.5) is 10.8 Å². The van der Waals surface area contributed by atoms with Crippen molar-refractivity contribution in [2.24, 2.45) is 0 Å². The Kier molecular flexibility index (Phi) is 4.11. The molecule has 96 valence electrons. The number of carbonyl (C=O) groups is 1. The van der Waals surface area contributed by atoms with E-state index in [0.717, 1.165) is 10.6 Å². The van der Waals surface area contributed by atoms with Crippen LogP contribution < -0.4 is 5.32 Å². The number of pyridine rings is 1. The van der Waals surface area contributed by atoms with Gasteiger partial charge in [-0.15, -0.1) is 11.3 Å². The molecule has 0 atom stereocenters. The predicted octanol–water partition coefficient (Wildman–Crippen LogP) is 2.88. The number of esters is 1. The summed E-state index contributed by atoms with van der Waals surface area (Å²) in [5.41, 5.74) is 1.39. The molecule has 0 spiro atoms. The second-order valence-electron chi connectivity index (χ2n) is 3.69. The Balaban J connectivity index is 2.24. The van der Waals surface area contributed by atoms with Crippen molar-refractivity contribution in [1.29, 1.82) is 5.26 Å². The maximum Gasteiger partial charge on any atom is 0.342 e. The Morgan fingerprint density at radius 3 is 3.11 bits per heavy atom. The minimum absolute atomic E-state index is 0.273. The Morgan fingerprint density at radius 2 is 2.42 bits per heavy atom. The number of rotatable bonds is 4. The molecule has 2 aromatic heterocycles. The van der Waals surface area contributed by atoms with Gasteiger partial charge in [-0.1, -0.05) is 0 Å². The van der Waals surface area contributed by atoms with Crippen molar-refractivity contribution in [3.63, 3.8) is 0 Å². The van der Waals surface area contributed by atoms with Crippen molar-refractivity contribution in [2.75, 3.05) is 11.9 Å². The molecule has 0 saturated heterocycles. The first-order valence-electron chi connectivity index (χ1n) is 5.52. The van der Waals surface area contributed by atoms with Gasteiger partial charge in [-0.3, -0.25) is 0 Å². The summed E-state index contributed by atoms with van der Waals surface area (Å²) in [6.07, 6.45) is 1.59. The molecule has 0 saturated carbocycles. The maximum absolute atomic E-state index is 11.8. The highest BCUT2D eigenvalue weighted by molar-refractivity contribution is 7.14. The van der Waals surface area contributed by atoms with Gasteiger partial charge in [0.05, 0.1) is 5.00 Å². The first kappa shape index (κ1) is 13.1. The second kappa shape index (κ2) is 5.98. The molecular weight excluding hydrogens is 262 g/mol. The smallest absolute Gasteiger partial charge is 0.342 e. The number of thiophene rings is 1. The lowest BCUT2D eigenvalue weighted by Gasteiger charge is -2.08. The van der Waals surface area contributed by atoms with E-state index >= 15 is 0 Å². The van der Waals surface area contributed by atoms with E-state index in [4.69, 9.17) is 10.00 Å². The van der Waals surface area contributed by atoms with Crippen LogP contribution in [0.1, 0.15) is 15.9 Å². The van der Waals surface area contributed by atoms with Crippen LogP contribution in [0.5, 0.6) is 0 Å². The Labute approximate surface area is 114 Å². The first-order valence-corrected chi connectivity index (χ1v) is 6.40. The number of ether oxygens (including phenoxy) is 1. The van der Waals surface area contributed by atoms with Crippen LogP contribution >= 0.6 is 11.3 Å². The van der Waals surface area contributed by atoms with Crippen molar-refractivity contribution in [3.05, 3.63) is 40.9 Å². The molecule has 0 fully saturated rings. The molecular formula is C13H11N3O2S. The summed E-state index contributed by atoms with van der Waals surface area (Å²) in [7, 11) is 0. The van der Waals surface area contributed by atoms with Crippen LogP contribution in [0.25, 0.3) is 0 Å². The number of nitrogens with zero attached hydrogens (tertiary/aromatic N) is 2. The molecule has 0 aliphatic carbocycles. The normalized spacial score (nSPS) is 9.68. The van der Waals surface area contributed by atoms with Gasteiger partial charge in [-0.05, 0) is 36.1 Å². The standard InChI is InChI=1S/C13H11N3O2S/c1-9-4-8-19-12(9)16-11-10(3-2-6-15-11)13(17)18-7-5-14/h2-4,6,8H,7H2,1H3,(H,15,16). The lowest BCUT2D eigenvalue weighted by Crippen LogP contribution is -2.09. The number of aryl methyl sites for hydroxylation is 1. The number of hydrogen-bond acceptors (Lipinski definition) is 6.